The molecular formula is C20H17FN6O. The number of rotatable bonds is 4. The van der Waals surface area contributed by atoms with Gasteiger partial charge in [-0.25, -0.2) is 9.38 Å². The normalized spacial score (nSPS) is 19.0. The van der Waals surface area contributed by atoms with Gasteiger partial charge in [-0.3, -0.25) is 14.7 Å². The molecule has 1 aliphatic heterocycles. The zero-order chi connectivity index (χ0) is 19.7. The lowest BCUT2D eigenvalue weighted by molar-refractivity contribution is -0.129. The molecule has 0 aliphatic carbocycles. The van der Waals surface area contributed by atoms with Gasteiger partial charge in [0.15, 0.2) is 11.5 Å². The third-order valence-electron chi connectivity index (χ3n) is 4.77. The van der Waals surface area contributed by atoms with Crippen LogP contribution in [-0.2, 0) is 17.0 Å². The number of benzene rings is 1. The van der Waals surface area contributed by atoms with Crippen LogP contribution in [0, 0.1) is 0 Å². The van der Waals surface area contributed by atoms with E-state index in [1.165, 1.54) is 11.1 Å². The highest BCUT2D eigenvalue weighted by molar-refractivity contribution is 6.09. The minimum Gasteiger partial charge on any atom is -0.369 e. The highest BCUT2D eigenvalue weighted by Gasteiger charge is 2.49. The number of nitrogens with two attached hydrogens (primary N) is 1. The SMILES string of the molecule is CN1C(=O)C(c2ccc(CF)nc2)(c2cccc(-c3cccnn3)c2)N=C1N. The largest absolute Gasteiger partial charge is 0.369 e. The summed E-state index contributed by atoms with van der Waals surface area (Å²) in [5, 5.41) is 8.03. The Bertz CT molecular complexity index is 1050. The number of halogens is 1. The molecule has 0 bridgehead atoms. The van der Waals surface area contributed by atoms with Crippen LogP contribution in [-0.4, -0.2) is 39.0 Å². The lowest BCUT2D eigenvalue weighted by Gasteiger charge is -2.26. The predicted molar refractivity (Wildman–Crippen MR) is 102 cm³/mol. The molecule has 3 heterocycles. The van der Waals surface area contributed by atoms with Crippen molar-refractivity contribution in [3.63, 3.8) is 0 Å². The van der Waals surface area contributed by atoms with Crippen molar-refractivity contribution >= 4 is 11.9 Å². The fraction of sp³-hybridized carbons (Fsp3) is 0.150. The van der Waals surface area contributed by atoms with Crippen LogP contribution >= 0.6 is 0 Å². The summed E-state index contributed by atoms with van der Waals surface area (Å²) in [4.78, 5) is 23.2. The van der Waals surface area contributed by atoms with Crippen LogP contribution in [0.15, 0.2) is 65.9 Å². The number of carbonyl (C=O) groups is 1. The highest BCUT2D eigenvalue weighted by atomic mass is 19.1. The third-order valence-corrected chi connectivity index (χ3v) is 4.77. The summed E-state index contributed by atoms with van der Waals surface area (Å²) >= 11 is 0. The number of pyridine rings is 1. The Morgan fingerprint density at radius 1 is 1.14 bits per heavy atom. The summed E-state index contributed by atoms with van der Waals surface area (Å²) in [6, 6.07) is 14.2. The Labute approximate surface area is 160 Å². The van der Waals surface area contributed by atoms with Gasteiger partial charge in [-0.05, 0) is 29.8 Å². The van der Waals surface area contributed by atoms with E-state index in [1.807, 2.05) is 24.3 Å². The van der Waals surface area contributed by atoms with E-state index in [2.05, 4.69) is 20.2 Å². The summed E-state index contributed by atoms with van der Waals surface area (Å²) < 4.78 is 12.9. The zero-order valence-corrected chi connectivity index (χ0v) is 15.1. The molecule has 0 fully saturated rings. The van der Waals surface area contributed by atoms with Crippen molar-refractivity contribution in [1.82, 2.24) is 20.1 Å². The molecule has 1 amide bonds. The first-order valence-electron chi connectivity index (χ1n) is 8.59. The molecule has 0 saturated carbocycles. The molecule has 28 heavy (non-hydrogen) atoms. The van der Waals surface area contributed by atoms with Gasteiger partial charge in [0.2, 0.25) is 0 Å². The molecule has 2 aromatic heterocycles. The van der Waals surface area contributed by atoms with Crippen LogP contribution in [0.4, 0.5) is 4.39 Å². The minimum absolute atomic E-state index is 0.101. The van der Waals surface area contributed by atoms with E-state index in [9.17, 15) is 9.18 Å². The quantitative estimate of drug-likeness (QED) is 0.751. The molecule has 1 aromatic carbocycles. The Balaban J connectivity index is 1.91. The zero-order valence-electron chi connectivity index (χ0n) is 15.1. The number of aromatic nitrogens is 3. The average molecular weight is 376 g/mol. The topological polar surface area (TPSA) is 97.4 Å². The number of hydrogen-bond acceptors (Lipinski definition) is 6. The maximum atomic E-state index is 13.2. The van der Waals surface area contributed by atoms with Crippen molar-refractivity contribution in [3.05, 3.63) is 77.7 Å². The number of hydrogen-bond donors (Lipinski definition) is 1. The Kier molecular flexibility index (Phi) is 4.31. The van der Waals surface area contributed by atoms with E-state index in [1.54, 1.807) is 37.5 Å². The van der Waals surface area contributed by atoms with Gasteiger partial charge < -0.3 is 5.73 Å². The lowest BCUT2D eigenvalue weighted by atomic mass is 9.82. The molecule has 0 radical (unpaired) electrons. The predicted octanol–water partition coefficient (Wildman–Crippen LogP) is 2.04. The van der Waals surface area contributed by atoms with Gasteiger partial charge in [0.05, 0.1) is 11.4 Å². The fourth-order valence-electron chi connectivity index (χ4n) is 3.26. The number of alkyl halides is 1. The maximum absolute atomic E-state index is 13.2. The van der Waals surface area contributed by atoms with Crippen molar-refractivity contribution < 1.29 is 9.18 Å². The summed E-state index contributed by atoms with van der Waals surface area (Å²) in [7, 11) is 1.57. The van der Waals surface area contributed by atoms with E-state index < -0.39 is 12.2 Å². The van der Waals surface area contributed by atoms with Gasteiger partial charge >= 0.3 is 0 Å². The van der Waals surface area contributed by atoms with Crippen molar-refractivity contribution in [2.24, 2.45) is 10.7 Å². The monoisotopic (exact) mass is 376 g/mol. The van der Waals surface area contributed by atoms with Crippen LogP contribution in [0.25, 0.3) is 11.3 Å². The first-order valence-corrected chi connectivity index (χ1v) is 8.59. The number of nitrogens with zero attached hydrogens (tertiary/aromatic N) is 5. The van der Waals surface area contributed by atoms with Gasteiger partial charge in [-0.15, -0.1) is 0 Å². The molecule has 0 saturated heterocycles. The van der Waals surface area contributed by atoms with Gasteiger partial charge in [0, 0.05) is 30.6 Å². The van der Waals surface area contributed by atoms with Crippen molar-refractivity contribution in [2.45, 2.75) is 12.2 Å². The Morgan fingerprint density at radius 2 is 2.00 bits per heavy atom. The van der Waals surface area contributed by atoms with Crippen molar-refractivity contribution in [2.75, 3.05) is 7.05 Å². The molecule has 4 rings (SSSR count). The van der Waals surface area contributed by atoms with Crippen LogP contribution in [0.3, 0.4) is 0 Å². The second-order valence-corrected chi connectivity index (χ2v) is 6.41. The molecular weight excluding hydrogens is 359 g/mol. The minimum atomic E-state index is -1.39. The number of aliphatic imine (C=N–C) groups is 1. The number of likely N-dealkylation sites (N-methyl/N-ethyl adjacent to an activating group) is 1. The van der Waals surface area contributed by atoms with E-state index in [4.69, 9.17) is 5.73 Å². The number of carbonyl (C=O) groups excluding carboxylic acids is 1. The highest BCUT2D eigenvalue weighted by Crippen LogP contribution is 2.40. The molecule has 7 nitrogen and oxygen atoms in total. The molecule has 3 aromatic rings. The fourth-order valence-corrected chi connectivity index (χ4v) is 3.26. The van der Waals surface area contributed by atoms with E-state index >= 15 is 0 Å². The average Bonchev–Trinajstić information content (AvgIpc) is 2.99. The Hall–Kier alpha value is -3.68. The summed E-state index contributed by atoms with van der Waals surface area (Å²) in [5.41, 5.74) is 7.45. The first kappa shape index (κ1) is 17.7. The van der Waals surface area contributed by atoms with E-state index in [-0.39, 0.29) is 17.6 Å². The second kappa shape index (κ2) is 6.80. The van der Waals surface area contributed by atoms with E-state index in [0.29, 0.717) is 16.8 Å². The smallest absolute Gasteiger partial charge is 0.266 e. The summed E-state index contributed by atoms with van der Waals surface area (Å²) in [6.07, 6.45) is 3.06. The number of guanidine groups is 1. The molecule has 1 aliphatic rings. The van der Waals surface area contributed by atoms with E-state index in [0.717, 1.165) is 5.56 Å². The van der Waals surface area contributed by atoms with Gasteiger partial charge in [-0.1, -0.05) is 24.3 Å². The maximum Gasteiger partial charge on any atom is 0.266 e. The molecule has 1 atom stereocenters. The van der Waals surface area contributed by atoms with Crippen molar-refractivity contribution in [1.29, 1.82) is 0 Å². The summed E-state index contributed by atoms with van der Waals surface area (Å²) in [5.74, 6) is -0.208. The van der Waals surface area contributed by atoms with Gasteiger partial charge in [0.1, 0.15) is 6.67 Å². The van der Waals surface area contributed by atoms with Crippen LogP contribution in [0.5, 0.6) is 0 Å². The van der Waals surface area contributed by atoms with Gasteiger partial charge in [0.25, 0.3) is 5.91 Å². The standard InChI is InChI=1S/C20H17FN6O/c1-27-18(28)20(25-19(27)22,15-7-8-16(11-21)23-12-15)14-5-2-4-13(10-14)17-6-3-9-24-26-17/h2-10,12H,11H2,1H3,(H2,22,25). The molecule has 2 N–H and O–H groups in total. The van der Waals surface area contributed by atoms with Crippen LogP contribution in [0.1, 0.15) is 16.8 Å². The van der Waals surface area contributed by atoms with Crippen molar-refractivity contribution in [3.8, 4) is 11.3 Å². The molecule has 8 heteroatoms. The van der Waals surface area contributed by atoms with Crippen LogP contribution in [0.2, 0.25) is 0 Å². The van der Waals surface area contributed by atoms with Gasteiger partial charge in [-0.2, -0.15) is 10.2 Å². The molecule has 0 spiro atoms. The third kappa shape index (κ3) is 2.70. The number of amides is 1. The molecule has 1 unspecified atom stereocenters. The van der Waals surface area contributed by atoms with Crippen LogP contribution < -0.4 is 5.73 Å². The Morgan fingerprint density at radius 3 is 2.61 bits per heavy atom. The second-order valence-electron chi connectivity index (χ2n) is 6.41. The first-order chi connectivity index (χ1) is 13.6. The molecule has 140 valence electrons. The summed E-state index contributed by atoms with van der Waals surface area (Å²) in [6.45, 7) is -0.686. The lowest BCUT2D eigenvalue weighted by Crippen LogP contribution is -2.41.